The third kappa shape index (κ3) is 3.90. The molecule has 2 heterocycles. The van der Waals surface area contributed by atoms with Gasteiger partial charge >= 0.3 is 5.97 Å². The second kappa shape index (κ2) is 8.28. The van der Waals surface area contributed by atoms with Gasteiger partial charge in [0.15, 0.2) is 6.10 Å². The number of ether oxygens (including phenoxy) is 2. The highest BCUT2D eigenvalue weighted by atomic mass is 16.6. The van der Waals surface area contributed by atoms with Crippen LogP contribution in [0.1, 0.15) is 42.0 Å². The Labute approximate surface area is 167 Å². The number of furan rings is 1. The first kappa shape index (κ1) is 18.9. The summed E-state index contributed by atoms with van der Waals surface area (Å²) < 4.78 is 22.5. The number of fused-ring (bicyclic) bond motifs is 1. The minimum atomic E-state index is -0.736. The number of benzene rings is 2. The zero-order chi connectivity index (χ0) is 20.2. The Morgan fingerprint density at radius 2 is 1.79 bits per heavy atom. The van der Waals surface area contributed by atoms with Gasteiger partial charge in [0.1, 0.15) is 5.58 Å². The Hall–Kier alpha value is -3.45. The zero-order valence-electron chi connectivity index (χ0n) is 16.1. The Morgan fingerprint density at radius 3 is 2.59 bits per heavy atom. The molecule has 0 unspecified atom stereocenters. The van der Waals surface area contributed by atoms with Crippen LogP contribution in [0.2, 0.25) is 0 Å². The topological polar surface area (TPSA) is 87.6 Å². The second-order valence-corrected chi connectivity index (χ2v) is 6.40. The molecule has 4 aromatic rings. The van der Waals surface area contributed by atoms with Crippen LogP contribution < -0.4 is 0 Å². The number of carbonyl (C=O) groups is 1. The van der Waals surface area contributed by atoms with Crippen LogP contribution in [0.4, 0.5) is 0 Å². The van der Waals surface area contributed by atoms with Crippen molar-refractivity contribution in [1.82, 2.24) is 10.2 Å². The summed E-state index contributed by atoms with van der Waals surface area (Å²) in [5.41, 5.74) is 2.06. The van der Waals surface area contributed by atoms with Crippen molar-refractivity contribution >= 4 is 16.9 Å². The van der Waals surface area contributed by atoms with Crippen LogP contribution in [-0.4, -0.2) is 22.8 Å². The van der Waals surface area contributed by atoms with Crippen molar-refractivity contribution in [2.24, 2.45) is 0 Å². The minimum Gasteiger partial charge on any atom is -0.449 e. The summed E-state index contributed by atoms with van der Waals surface area (Å²) in [6.45, 7) is 4.34. The fraction of sp³-hybridized carbons (Fsp3) is 0.227. The standard InChI is InChI=1S/C22H20N2O5/c1-3-26-13-17-16-11-7-8-12-18(16)28-19(17)22(25)27-14(2)20-23-24-21(29-20)15-9-5-4-6-10-15/h4-12,14H,3,13H2,1-2H3/t14-/m1/s1. The molecule has 4 rings (SSSR count). The molecule has 2 aromatic heterocycles. The van der Waals surface area contributed by atoms with Crippen LogP contribution in [0.15, 0.2) is 63.4 Å². The number of aromatic nitrogens is 2. The molecular formula is C22H20N2O5. The van der Waals surface area contributed by atoms with Gasteiger partial charge in [-0.25, -0.2) is 4.79 Å². The fourth-order valence-electron chi connectivity index (χ4n) is 2.97. The lowest BCUT2D eigenvalue weighted by Crippen LogP contribution is -2.11. The number of esters is 1. The van der Waals surface area contributed by atoms with Crippen molar-refractivity contribution in [3.63, 3.8) is 0 Å². The summed E-state index contributed by atoms with van der Waals surface area (Å²) in [7, 11) is 0. The van der Waals surface area contributed by atoms with Gasteiger partial charge in [0.25, 0.3) is 5.89 Å². The Morgan fingerprint density at radius 1 is 1.03 bits per heavy atom. The number of hydrogen-bond donors (Lipinski definition) is 0. The van der Waals surface area contributed by atoms with E-state index in [1.54, 1.807) is 13.0 Å². The smallest absolute Gasteiger partial charge is 0.375 e. The Bertz CT molecular complexity index is 1120. The van der Waals surface area contributed by atoms with E-state index in [-0.39, 0.29) is 18.3 Å². The highest BCUT2D eigenvalue weighted by Crippen LogP contribution is 2.29. The Kier molecular flexibility index (Phi) is 5.39. The van der Waals surface area contributed by atoms with Gasteiger partial charge in [-0.05, 0) is 32.0 Å². The lowest BCUT2D eigenvalue weighted by molar-refractivity contribution is 0.0240. The molecule has 7 heteroatoms. The molecule has 29 heavy (non-hydrogen) atoms. The van der Waals surface area contributed by atoms with Crippen molar-refractivity contribution in [1.29, 1.82) is 0 Å². The molecule has 0 fully saturated rings. The summed E-state index contributed by atoms with van der Waals surface area (Å²) in [5.74, 6) is 0.0844. The zero-order valence-corrected chi connectivity index (χ0v) is 16.1. The largest absolute Gasteiger partial charge is 0.449 e. The highest BCUT2D eigenvalue weighted by Gasteiger charge is 2.26. The molecule has 0 saturated carbocycles. The van der Waals surface area contributed by atoms with Crippen LogP contribution in [-0.2, 0) is 16.1 Å². The van der Waals surface area contributed by atoms with E-state index in [0.29, 0.717) is 23.6 Å². The van der Waals surface area contributed by atoms with Crippen LogP contribution in [0.3, 0.4) is 0 Å². The maximum atomic E-state index is 12.8. The quantitative estimate of drug-likeness (QED) is 0.412. The number of nitrogens with zero attached hydrogens (tertiary/aromatic N) is 2. The average Bonchev–Trinajstić information content (AvgIpc) is 3.38. The molecule has 0 bridgehead atoms. The summed E-state index contributed by atoms with van der Waals surface area (Å²) in [5, 5.41) is 8.86. The molecule has 0 aliphatic carbocycles. The van der Waals surface area contributed by atoms with E-state index in [1.807, 2.05) is 55.5 Å². The lowest BCUT2D eigenvalue weighted by atomic mass is 10.1. The predicted octanol–water partition coefficient (Wildman–Crippen LogP) is 4.94. The van der Waals surface area contributed by atoms with Crippen molar-refractivity contribution in [2.75, 3.05) is 6.61 Å². The van der Waals surface area contributed by atoms with Crippen molar-refractivity contribution in [3.05, 3.63) is 71.8 Å². The van der Waals surface area contributed by atoms with Gasteiger partial charge < -0.3 is 18.3 Å². The van der Waals surface area contributed by atoms with Crippen LogP contribution in [0.25, 0.3) is 22.4 Å². The monoisotopic (exact) mass is 392 g/mol. The van der Waals surface area contributed by atoms with Crippen molar-refractivity contribution < 1.29 is 23.1 Å². The van der Waals surface area contributed by atoms with E-state index in [1.165, 1.54) is 0 Å². The average molecular weight is 392 g/mol. The fourth-order valence-corrected chi connectivity index (χ4v) is 2.97. The van der Waals surface area contributed by atoms with E-state index in [2.05, 4.69) is 10.2 Å². The molecule has 2 aromatic carbocycles. The van der Waals surface area contributed by atoms with Gasteiger partial charge in [0.2, 0.25) is 11.7 Å². The number of carbonyl (C=O) groups excluding carboxylic acids is 1. The molecule has 0 N–H and O–H groups in total. The van der Waals surface area contributed by atoms with E-state index >= 15 is 0 Å². The van der Waals surface area contributed by atoms with Gasteiger partial charge in [0.05, 0.1) is 6.61 Å². The first-order chi connectivity index (χ1) is 14.2. The SMILES string of the molecule is CCOCc1c(C(=O)O[C@H](C)c2nnc(-c3ccccc3)o2)oc2ccccc12. The van der Waals surface area contributed by atoms with E-state index in [0.717, 1.165) is 10.9 Å². The molecule has 0 radical (unpaired) electrons. The van der Waals surface area contributed by atoms with Gasteiger partial charge in [-0.2, -0.15) is 0 Å². The molecule has 0 saturated heterocycles. The molecule has 148 valence electrons. The summed E-state index contributed by atoms with van der Waals surface area (Å²) in [6.07, 6.45) is -0.736. The van der Waals surface area contributed by atoms with E-state index in [9.17, 15) is 4.79 Å². The molecule has 0 aliphatic heterocycles. The third-order valence-corrected chi connectivity index (χ3v) is 4.43. The number of para-hydroxylation sites is 1. The summed E-state index contributed by atoms with van der Waals surface area (Å²) >= 11 is 0. The van der Waals surface area contributed by atoms with Gasteiger partial charge in [0, 0.05) is 23.1 Å². The predicted molar refractivity (Wildman–Crippen MR) is 105 cm³/mol. The first-order valence-corrected chi connectivity index (χ1v) is 9.35. The summed E-state index contributed by atoms with van der Waals surface area (Å²) in [4.78, 5) is 12.8. The van der Waals surface area contributed by atoms with Crippen molar-refractivity contribution in [2.45, 2.75) is 26.6 Å². The lowest BCUT2D eigenvalue weighted by Gasteiger charge is -2.09. The summed E-state index contributed by atoms with van der Waals surface area (Å²) in [6, 6.07) is 16.8. The van der Waals surface area contributed by atoms with Gasteiger partial charge in [-0.3, -0.25) is 0 Å². The van der Waals surface area contributed by atoms with Gasteiger partial charge in [-0.1, -0.05) is 36.4 Å². The molecular weight excluding hydrogens is 372 g/mol. The molecule has 0 aliphatic rings. The maximum Gasteiger partial charge on any atom is 0.375 e. The molecule has 1 atom stereocenters. The first-order valence-electron chi connectivity index (χ1n) is 9.35. The van der Waals surface area contributed by atoms with E-state index in [4.69, 9.17) is 18.3 Å². The number of rotatable bonds is 7. The van der Waals surface area contributed by atoms with Crippen LogP contribution in [0.5, 0.6) is 0 Å². The molecule has 0 amide bonds. The highest BCUT2D eigenvalue weighted by molar-refractivity contribution is 5.96. The van der Waals surface area contributed by atoms with Crippen molar-refractivity contribution in [3.8, 4) is 11.5 Å². The van der Waals surface area contributed by atoms with Crippen LogP contribution >= 0.6 is 0 Å². The van der Waals surface area contributed by atoms with Crippen LogP contribution in [0, 0.1) is 0 Å². The maximum absolute atomic E-state index is 12.8. The third-order valence-electron chi connectivity index (χ3n) is 4.43. The van der Waals surface area contributed by atoms with Gasteiger partial charge in [-0.15, -0.1) is 10.2 Å². The molecule has 7 nitrogen and oxygen atoms in total. The second-order valence-electron chi connectivity index (χ2n) is 6.40. The Balaban J connectivity index is 1.56. The number of hydrogen-bond acceptors (Lipinski definition) is 7. The normalized spacial score (nSPS) is 12.2. The van der Waals surface area contributed by atoms with E-state index < -0.39 is 12.1 Å². The minimum absolute atomic E-state index is 0.120. The molecule has 0 spiro atoms.